The maximum Gasteiger partial charge on any atom is 0.265 e. The van der Waals surface area contributed by atoms with Gasteiger partial charge >= 0.3 is 0 Å². The first-order valence-corrected chi connectivity index (χ1v) is 37.6. The number of anilines is 3. The highest BCUT2D eigenvalue weighted by molar-refractivity contribution is 6.40. The predicted molar refractivity (Wildman–Crippen MR) is 455 cm³/mol. The lowest BCUT2D eigenvalue weighted by molar-refractivity contribution is 0.0877. The fourth-order valence-electron chi connectivity index (χ4n) is 17.4. The van der Waals surface area contributed by atoms with Gasteiger partial charge < -0.3 is 13.3 Å². The van der Waals surface area contributed by atoms with Gasteiger partial charge in [0.1, 0.15) is 33.5 Å². The predicted octanol–water partition coefficient (Wildman–Crippen LogP) is 25.1. The number of carbonyl (C=O) groups excluding carboxylic acids is 6. The highest BCUT2D eigenvalue weighted by Gasteiger charge is 2.38. The van der Waals surface area contributed by atoms with Crippen molar-refractivity contribution in [2.45, 2.75) is 0 Å². The Balaban J connectivity index is 0.000000104. The van der Waals surface area contributed by atoms with E-state index in [0.717, 1.165) is 148 Å². The molecule has 114 heavy (non-hydrogen) atoms. The van der Waals surface area contributed by atoms with Crippen molar-refractivity contribution < 1.29 is 42.0 Å². The lowest BCUT2D eigenvalue weighted by Gasteiger charge is -2.28. The maximum atomic E-state index is 13.8. The van der Waals surface area contributed by atoms with Crippen LogP contribution in [0.25, 0.3) is 164 Å². The number of benzene rings is 18. The molecule has 6 heterocycles. The van der Waals surface area contributed by atoms with Crippen molar-refractivity contribution in [3.8, 4) is 33.4 Å². The molecular formula is C102H57N3O9. The molecule has 0 bridgehead atoms. The summed E-state index contributed by atoms with van der Waals surface area (Å²) in [6, 6.07) is 112. The molecule has 12 nitrogen and oxygen atoms in total. The van der Waals surface area contributed by atoms with E-state index in [2.05, 4.69) is 42.5 Å². The van der Waals surface area contributed by atoms with Gasteiger partial charge in [0.2, 0.25) is 0 Å². The van der Waals surface area contributed by atoms with Crippen molar-refractivity contribution in [1.82, 2.24) is 0 Å². The molecule has 0 atom stereocenters. The van der Waals surface area contributed by atoms with Crippen LogP contribution in [0.3, 0.4) is 0 Å². The fourth-order valence-corrected chi connectivity index (χ4v) is 17.4. The Morgan fingerprint density at radius 3 is 0.947 bits per heavy atom. The summed E-state index contributed by atoms with van der Waals surface area (Å²) >= 11 is 0. The van der Waals surface area contributed by atoms with Gasteiger partial charge in [0.05, 0.1) is 17.1 Å². The summed E-state index contributed by atoms with van der Waals surface area (Å²) in [5, 5.41) is 17.1. The molecule has 0 saturated heterocycles. The average molecular weight is 1470 g/mol. The third kappa shape index (κ3) is 10.1. The Hall–Kier alpha value is -15.7. The van der Waals surface area contributed by atoms with E-state index in [9.17, 15) is 28.8 Å². The molecule has 0 unspecified atom stereocenters. The summed E-state index contributed by atoms with van der Waals surface area (Å²) in [4.78, 5) is 86.6. The molecule has 3 aliphatic heterocycles. The Bertz CT molecular complexity index is 7790. The molecule has 6 amide bonds. The van der Waals surface area contributed by atoms with Crippen LogP contribution in [0, 0.1) is 0 Å². The van der Waals surface area contributed by atoms with Crippen molar-refractivity contribution in [2.75, 3.05) is 14.7 Å². The number of rotatable bonds is 6. The van der Waals surface area contributed by atoms with Crippen molar-refractivity contribution in [3.05, 3.63) is 379 Å². The van der Waals surface area contributed by atoms with Crippen molar-refractivity contribution >= 4 is 183 Å². The number of amides is 6. The van der Waals surface area contributed by atoms with E-state index in [1.807, 2.05) is 291 Å². The van der Waals surface area contributed by atoms with Gasteiger partial charge in [0.25, 0.3) is 35.4 Å². The number of fused-ring (bicyclic) bond motifs is 12. The number of carbonyl (C=O) groups is 6. The second kappa shape index (κ2) is 25.5. The van der Waals surface area contributed by atoms with E-state index in [1.165, 1.54) is 14.7 Å². The van der Waals surface area contributed by atoms with E-state index >= 15 is 0 Å². The van der Waals surface area contributed by atoms with Gasteiger partial charge in [0, 0.05) is 87.4 Å². The first-order chi connectivity index (χ1) is 56.0. The Labute approximate surface area is 648 Å². The van der Waals surface area contributed by atoms with E-state index < -0.39 is 0 Å². The third-order valence-electron chi connectivity index (χ3n) is 22.8. The smallest absolute Gasteiger partial charge is 0.265 e. The largest absolute Gasteiger partial charge is 0.456 e. The molecule has 0 N–H and O–H groups in total. The number of imide groups is 3. The Kier molecular flexibility index (Phi) is 14.6. The van der Waals surface area contributed by atoms with E-state index in [4.69, 9.17) is 13.3 Å². The molecule has 534 valence electrons. The minimum Gasteiger partial charge on any atom is -0.456 e. The fraction of sp³-hybridized carbons (Fsp3) is 0. The molecule has 12 heteroatoms. The van der Waals surface area contributed by atoms with Crippen LogP contribution in [0.4, 0.5) is 17.1 Å². The topological polar surface area (TPSA) is 152 Å². The van der Waals surface area contributed by atoms with Crippen LogP contribution in [0.15, 0.2) is 359 Å². The van der Waals surface area contributed by atoms with E-state index in [1.54, 1.807) is 12.1 Å². The van der Waals surface area contributed by atoms with Gasteiger partial charge in [-0.3, -0.25) is 28.8 Å². The van der Waals surface area contributed by atoms with Gasteiger partial charge in [-0.1, -0.05) is 231 Å². The standard InChI is InChI=1S/3C34H19NO3/c36-33-28-13-5-10-25-23(26-11-6-12-27-24-9-3-4-14-30(24)38-32(26)27)17-18-29(31(25)28)34(37)35(33)22-16-15-20-7-1-2-8-21(20)19-22;36-33-27-10-5-9-26-24(22-13-17-31-29(19-22)25-8-3-4-11-30(25)38-31)15-16-28(32(26)27)34(37)35(33)23-14-12-20-6-1-2-7-21(20)18-23;36-33-28-10-5-9-27-24(22-13-15-26-25-8-3-4-11-30(25)38-31(26)19-22)16-17-29(32(27)28)34(37)35(33)23-14-12-20-6-1-2-7-21(20)18-23/h3*1-19H. The summed E-state index contributed by atoms with van der Waals surface area (Å²) in [7, 11) is 0. The van der Waals surface area contributed by atoms with Crippen LogP contribution in [-0.4, -0.2) is 35.4 Å². The molecule has 0 aliphatic carbocycles. The van der Waals surface area contributed by atoms with Crippen LogP contribution in [-0.2, 0) is 0 Å². The highest BCUT2D eigenvalue weighted by Crippen LogP contribution is 2.46. The molecule has 21 aromatic rings. The minimum absolute atomic E-state index is 0.309. The minimum atomic E-state index is -0.317. The number of hydrogen-bond acceptors (Lipinski definition) is 9. The zero-order valence-electron chi connectivity index (χ0n) is 60.4. The molecular weight excluding hydrogens is 1410 g/mol. The molecule has 0 saturated carbocycles. The van der Waals surface area contributed by atoms with Crippen LogP contribution < -0.4 is 14.7 Å². The van der Waals surface area contributed by atoms with Gasteiger partial charge in [-0.05, 0) is 192 Å². The van der Waals surface area contributed by atoms with Gasteiger partial charge in [0.15, 0.2) is 0 Å². The van der Waals surface area contributed by atoms with E-state index in [-0.39, 0.29) is 35.4 Å². The quantitative estimate of drug-likeness (QED) is 0.148. The molecule has 0 radical (unpaired) electrons. The molecule has 0 spiro atoms. The molecule has 3 aromatic heterocycles. The maximum absolute atomic E-state index is 13.8. The summed E-state index contributed by atoms with van der Waals surface area (Å²) in [5.41, 5.74) is 15.6. The number of nitrogens with zero attached hydrogens (tertiary/aromatic N) is 3. The monoisotopic (exact) mass is 1470 g/mol. The second-order valence-corrected chi connectivity index (χ2v) is 29.0. The van der Waals surface area contributed by atoms with Crippen LogP contribution >= 0.6 is 0 Å². The second-order valence-electron chi connectivity index (χ2n) is 29.0. The van der Waals surface area contributed by atoms with Crippen molar-refractivity contribution in [3.63, 3.8) is 0 Å². The van der Waals surface area contributed by atoms with Gasteiger partial charge in [-0.25, -0.2) is 14.7 Å². The summed E-state index contributed by atoms with van der Waals surface area (Å²) in [6.07, 6.45) is 0. The summed E-state index contributed by atoms with van der Waals surface area (Å²) < 4.78 is 18.4. The van der Waals surface area contributed by atoms with E-state index in [0.29, 0.717) is 66.6 Å². The number of furan rings is 3. The zero-order chi connectivity index (χ0) is 76.1. The Morgan fingerprint density at radius 1 is 0.175 bits per heavy atom. The first kappa shape index (κ1) is 65.4. The third-order valence-corrected chi connectivity index (χ3v) is 22.8. The van der Waals surface area contributed by atoms with Gasteiger partial charge in [-0.2, -0.15) is 0 Å². The summed E-state index contributed by atoms with van der Waals surface area (Å²) in [6.45, 7) is 0. The summed E-state index contributed by atoms with van der Waals surface area (Å²) in [5.74, 6) is -1.87. The molecule has 3 aliphatic rings. The molecule has 18 aromatic carbocycles. The van der Waals surface area contributed by atoms with Gasteiger partial charge in [-0.15, -0.1) is 0 Å². The van der Waals surface area contributed by atoms with Crippen LogP contribution in [0.5, 0.6) is 0 Å². The van der Waals surface area contributed by atoms with Crippen LogP contribution in [0.2, 0.25) is 0 Å². The molecule has 0 fully saturated rings. The van der Waals surface area contributed by atoms with Crippen molar-refractivity contribution in [2.24, 2.45) is 0 Å². The SMILES string of the molecule is O=C1c2cccc3c(-c4ccc5c(c4)oc4ccccc45)ccc(c23)C(=O)N1c1ccc2ccccc2c1.O=C1c2cccc3c(-c4ccc5oc6ccccc6c5c4)ccc(c23)C(=O)N1c1ccc2ccccc2c1.O=C1c2cccc3c(-c4cccc5c4oc4ccccc45)ccc(c23)C(=O)N1c1ccc2ccccc2c1. The first-order valence-electron chi connectivity index (χ1n) is 37.6. The lowest BCUT2D eigenvalue weighted by Crippen LogP contribution is -2.40. The Morgan fingerprint density at radius 2 is 0.482 bits per heavy atom. The normalized spacial score (nSPS) is 13.3. The lowest BCUT2D eigenvalue weighted by atomic mass is 9.88. The highest BCUT2D eigenvalue weighted by atomic mass is 16.3. The zero-order valence-corrected chi connectivity index (χ0v) is 60.4. The van der Waals surface area contributed by atoms with Crippen LogP contribution in [0.1, 0.15) is 62.1 Å². The average Bonchev–Trinajstić information content (AvgIpc) is 0.804. The van der Waals surface area contributed by atoms with Crippen molar-refractivity contribution in [1.29, 1.82) is 0 Å². The molecule has 24 rings (SSSR count). The number of hydrogen-bond donors (Lipinski definition) is 0. The number of para-hydroxylation sites is 4.